The van der Waals surface area contributed by atoms with Gasteiger partial charge in [0.25, 0.3) is 0 Å². The highest BCUT2D eigenvalue weighted by atomic mass is 16.5. The van der Waals surface area contributed by atoms with E-state index < -0.39 is 0 Å². The lowest BCUT2D eigenvalue weighted by atomic mass is 10.2. The molecule has 1 aromatic carbocycles. The van der Waals surface area contributed by atoms with Gasteiger partial charge in [-0.2, -0.15) is 5.10 Å². The summed E-state index contributed by atoms with van der Waals surface area (Å²) in [5.74, 6) is 0. The Morgan fingerprint density at radius 2 is 2.40 bits per heavy atom. The number of fused-ring (bicyclic) bond motifs is 1. The van der Waals surface area contributed by atoms with Crippen molar-refractivity contribution in [1.82, 2.24) is 9.78 Å². The van der Waals surface area contributed by atoms with Gasteiger partial charge in [0, 0.05) is 11.1 Å². The fourth-order valence-electron chi connectivity index (χ4n) is 1.41. The first-order valence-electron chi connectivity index (χ1n) is 4.71. The Balaban J connectivity index is 2.27. The van der Waals surface area contributed by atoms with E-state index in [1.54, 1.807) is 17.0 Å². The molecule has 4 nitrogen and oxygen atoms in total. The molecule has 0 spiro atoms. The molecule has 0 unspecified atom stereocenters. The first kappa shape index (κ1) is 9.73. The number of aromatic nitrogens is 2. The van der Waals surface area contributed by atoms with Crippen molar-refractivity contribution in [2.24, 2.45) is 0 Å². The summed E-state index contributed by atoms with van der Waals surface area (Å²) in [4.78, 5) is 0. The number of rotatable bonds is 4. The van der Waals surface area contributed by atoms with E-state index in [4.69, 9.17) is 10.5 Å². The van der Waals surface area contributed by atoms with Crippen molar-refractivity contribution in [1.29, 1.82) is 0 Å². The summed E-state index contributed by atoms with van der Waals surface area (Å²) in [6.07, 6.45) is 3.51. The highest BCUT2D eigenvalue weighted by Gasteiger charge is 2.01. The molecule has 0 aliphatic carbocycles. The Labute approximate surface area is 87.9 Å². The van der Waals surface area contributed by atoms with Crippen molar-refractivity contribution in [2.75, 3.05) is 12.3 Å². The molecule has 2 aromatic rings. The minimum absolute atomic E-state index is 0.416. The van der Waals surface area contributed by atoms with Crippen LogP contribution < -0.4 is 5.73 Å². The third kappa shape index (κ3) is 1.99. The standard InChI is InChI=1S/C11H13N3O/c1-2-5-15-8-14-11-6-10(12)4-3-9(11)7-13-14/h2-4,6-7H,1,5,8,12H2. The molecule has 2 N–H and O–H groups in total. The van der Waals surface area contributed by atoms with Crippen molar-refractivity contribution in [3.8, 4) is 0 Å². The Kier molecular flexibility index (Phi) is 2.69. The molecule has 0 bridgehead atoms. The Morgan fingerprint density at radius 3 is 3.20 bits per heavy atom. The van der Waals surface area contributed by atoms with Gasteiger partial charge in [0.1, 0.15) is 6.73 Å². The third-order valence-electron chi connectivity index (χ3n) is 2.12. The lowest BCUT2D eigenvalue weighted by Gasteiger charge is -2.03. The highest BCUT2D eigenvalue weighted by molar-refractivity contribution is 5.81. The quantitative estimate of drug-likeness (QED) is 0.468. The maximum Gasteiger partial charge on any atom is 0.140 e. The van der Waals surface area contributed by atoms with Crippen LogP contribution in [0.1, 0.15) is 0 Å². The van der Waals surface area contributed by atoms with Crippen LogP contribution in [-0.4, -0.2) is 16.4 Å². The summed E-state index contributed by atoms with van der Waals surface area (Å²) in [5, 5.41) is 5.27. The van der Waals surface area contributed by atoms with Gasteiger partial charge in [0.2, 0.25) is 0 Å². The van der Waals surface area contributed by atoms with Crippen LogP contribution in [0.2, 0.25) is 0 Å². The Hall–Kier alpha value is -1.81. The zero-order valence-corrected chi connectivity index (χ0v) is 8.39. The largest absolute Gasteiger partial charge is 0.399 e. The number of nitrogen functional groups attached to an aromatic ring is 1. The third-order valence-corrected chi connectivity index (χ3v) is 2.12. The number of ether oxygens (including phenoxy) is 1. The summed E-state index contributed by atoms with van der Waals surface area (Å²) < 4.78 is 7.09. The van der Waals surface area contributed by atoms with Crippen LogP contribution in [0.15, 0.2) is 37.1 Å². The maximum atomic E-state index is 5.71. The van der Waals surface area contributed by atoms with Crippen LogP contribution in [0.4, 0.5) is 5.69 Å². The Morgan fingerprint density at radius 1 is 1.53 bits per heavy atom. The van der Waals surface area contributed by atoms with Gasteiger partial charge in [-0.05, 0) is 18.2 Å². The van der Waals surface area contributed by atoms with Gasteiger partial charge in [-0.25, -0.2) is 4.68 Å². The van der Waals surface area contributed by atoms with Gasteiger partial charge in [0.05, 0.1) is 18.3 Å². The first-order valence-corrected chi connectivity index (χ1v) is 4.71. The molecule has 0 aliphatic heterocycles. The number of anilines is 1. The van der Waals surface area contributed by atoms with Crippen LogP contribution in [-0.2, 0) is 11.5 Å². The second kappa shape index (κ2) is 4.14. The highest BCUT2D eigenvalue weighted by Crippen LogP contribution is 2.16. The average Bonchev–Trinajstić information content (AvgIpc) is 2.62. The van der Waals surface area contributed by atoms with Crippen LogP contribution in [0.5, 0.6) is 0 Å². The van der Waals surface area contributed by atoms with E-state index in [0.29, 0.717) is 13.3 Å². The summed E-state index contributed by atoms with van der Waals surface area (Å²) in [7, 11) is 0. The molecule has 0 saturated carbocycles. The lowest BCUT2D eigenvalue weighted by molar-refractivity contribution is 0.0944. The topological polar surface area (TPSA) is 53.1 Å². The molecule has 1 aromatic heterocycles. The summed E-state index contributed by atoms with van der Waals surface area (Å²) in [6, 6.07) is 5.69. The van der Waals surface area contributed by atoms with Gasteiger partial charge in [-0.1, -0.05) is 6.08 Å². The van der Waals surface area contributed by atoms with E-state index in [2.05, 4.69) is 11.7 Å². The van der Waals surface area contributed by atoms with Crippen molar-refractivity contribution < 1.29 is 4.74 Å². The molecular weight excluding hydrogens is 190 g/mol. The van der Waals surface area contributed by atoms with Crippen LogP contribution in [0, 0.1) is 0 Å². The normalized spacial score (nSPS) is 10.7. The number of benzene rings is 1. The van der Waals surface area contributed by atoms with E-state index in [9.17, 15) is 0 Å². The SMILES string of the molecule is C=CCOCn1ncc2ccc(N)cc21. The molecule has 0 amide bonds. The van der Waals surface area contributed by atoms with Gasteiger partial charge in [0.15, 0.2) is 0 Å². The molecule has 15 heavy (non-hydrogen) atoms. The smallest absolute Gasteiger partial charge is 0.140 e. The zero-order valence-electron chi connectivity index (χ0n) is 8.39. The second-order valence-electron chi connectivity index (χ2n) is 3.25. The van der Waals surface area contributed by atoms with E-state index in [1.165, 1.54) is 0 Å². The van der Waals surface area contributed by atoms with Gasteiger partial charge < -0.3 is 10.5 Å². The predicted molar refractivity (Wildman–Crippen MR) is 60.3 cm³/mol. The van der Waals surface area contributed by atoms with Crippen molar-refractivity contribution >= 4 is 16.6 Å². The molecule has 0 atom stereocenters. The van der Waals surface area contributed by atoms with Crippen LogP contribution >= 0.6 is 0 Å². The fourth-order valence-corrected chi connectivity index (χ4v) is 1.41. The van der Waals surface area contributed by atoms with E-state index >= 15 is 0 Å². The molecule has 2 rings (SSSR count). The zero-order chi connectivity index (χ0) is 10.7. The average molecular weight is 203 g/mol. The van der Waals surface area contributed by atoms with E-state index in [0.717, 1.165) is 16.6 Å². The molecule has 0 aliphatic rings. The number of hydrogen-bond acceptors (Lipinski definition) is 3. The van der Waals surface area contributed by atoms with Gasteiger partial charge in [-0.3, -0.25) is 0 Å². The molecule has 0 saturated heterocycles. The number of nitrogens with zero attached hydrogens (tertiary/aromatic N) is 2. The molecule has 1 heterocycles. The van der Waals surface area contributed by atoms with E-state index in [1.807, 2.05) is 18.2 Å². The van der Waals surface area contributed by atoms with Crippen molar-refractivity contribution in [3.05, 3.63) is 37.1 Å². The monoisotopic (exact) mass is 203 g/mol. The summed E-state index contributed by atoms with van der Waals surface area (Å²) in [6.45, 7) is 4.51. The molecule has 78 valence electrons. The lowest BCUT2D eigenvalue weighted by Crippen LogP contribution is -2.04. The van der Waals surface area contributed by atoms with Gasteiger partial charge >= 0.3 is 0 Å². The summed E-state index contributed by atoms with van der Waals surface area (Å²) in [5.41, 5.74) is 7.42. The Bertz CT molecular complexity index is 476. The van der Waals surface area contributed by atoms with Gasteiger partial charge in [-0.15, -0.1) is 6.58 Å². The second-order valence-corrected chi connectivity index (χ2v) is 3.25. The number of nitrogens with two attached hydrogens (primary N) is 1. The van der Waals surface area contributed by atoms with Crippen molar-refractivity contribution in [3.63, 3.8) is 0 Å². The molecule has 4 heteroatoms. The molecule has 0 fully saturated rings. The fraction of sp³-hybridized carbons (Fsp3) is 0.182. The first-order chi connectivity index (χ1) is 7.31. The van der Waals surface area contributed by atoms with Crippen LogP contribution in [0.25, 0.3) is 10.9 Å². The molecular formula is C11H13N3O. The molecule has 0 radical (unpaired) electrons. The van der Waals surface area contributed by atoms with Crippen molar-refractivity contribution in [2.45, 2.75) is 6.73 Å². The van der Waals surface area contributed by atoms with E-state index in [-0.39, 0.29) is 0 Å². The minimum atomic E-state index is 0.416. The minimum Gasteiger partial charge on any atom is -0.399 e. The number of hydrogen-bond donors (Lipinski definition) is 1. The maximum absolute atomic E-state index is 5.71. The summed E-state index contributed by atoms with van der Waals surface area (Å²) >= 11 is 0. The van der Waals surface area contributed by atoms with Crippen LogP contribution in [0.3, 0.4) is 0 Å². The predicted octanol–water partition coefficient (Wildman–Crippen LogP) is 1.78.